The standard InChI is InChI=1S/C12H13IO2/c1-12(15,9-13)11(14)8-7-10-5-3-2-4-6-10/h2-8,15H,9H2,1H3/b8-7+/t12-/m1/s1. The van der Waals surface area contributed by atoms with Crippen molar-refractivity contribution in [2.45, 2.75) is 12.5 Å². The van der Waals surface area contributed by atoms with Gasteiger partial charge >= 0.3 is 0 Å². The van der Waals surface area contributed by atoms with Gasteiger partial charge in [0.05, 0.1) is 0 Å². The highest BCUT2D eigenvalue weighted by atomic mass is 127. The minimum atomic E-state index is -1.26. The largest absolute Gasteiger partial charge is 0.381 e. The second kappa shape index (κ2) is 5.42. The van der Waals surface area contributed by atoms with Crippen LogP contribution in [-0.2, 0) is 4.79 Å². The summed E-state index contributed by atoms with van der Waals surface area (Å²) in [5.74, 6) is -0.263. The van der Waals surface area contributed by atoms with Crippen molar-refractivity contribution in [2.24, 2.45) is 0 Å². The Hall–Kier alpha value is -0.680. The predicted octanol–water partition coefficient (Wildman–Crippen LogP) is 2.45. The second-order valence-corrected chi connectivity index (χ2v) is 4.28. The van der Waals surface area contributed by atoms with Gasteiger partial charge in [0.15, 0.2) is 5.78 Å². The Morgan fingerprint density at radius 2 is 2.07 bits per heavy atom. The quantitative estimate of drug-likeness (QED) is 0.526. The van der Waals surface area contributed by atoms with Crippen LogP contribution < -0.4 is 0 Å². The molecule has 0 amide bonds. The molecule has 1 aromatic carbocycles. The first-order valence-corrected chi connectivity index (χ1v) is 6.15. The summed E-state index contributed by atoms with van der Waals surface area (Å²) in [6, 6.07) is 9.53. The molecule has 0 spiro atoms. The molecule has 3 heteroatoms. The number of halogens is 1. The Kier molecular flexibility index (Phi) is 4.47. The highest BCUT2D eigenvalue weighted by molar-refractivity contribution is 14.1. The van der Waals surface area contributed by atoms with Crippen LogP contribution in [0.25, 0.3) is 6.08 Å². The van der Waals surface area contributed by atoms with Crippen molar-refractivity contribution in [2.75, 3.05) is 4.43 Å². The van der Waals surface area contributed by atoms with Gasteiger partial charge in [-0.3, -0.25) is 4.79 Å². The molecule has 1 aromatic rings. The van der Waals surface area contributed by atoms with E-state index < -0.39 is 5.60 Å². The summed E-state index contributed by atoms with van der Waals surface area (Å²) in [4.78, 5) is 11.5. The minimum Gasteiger partial charge on any atom is -0.381 e. The number of carbonyl (C=O) groups is 1. The third-order valence-electron chi connectivity index (χ3n) is 2.02. The maximum atomic E-state index is 11.5. The third kappa shape index (κ3) is 3.76. The number of alkyl halides is 1. The molecule has 0 aliphatic heterocycles. The number of ketones is 1. The van der Waals surface area contributed by atoms with Gasteiger partial charge in [-0.1, -0.05) is 59.0 Å². The normalized spacial score (nSPS) is 15.1. The van der Waals surface area contributed by atoms with Gasteiger partial charge in [0.1, 0.15) is 5.60 Å². The molecule has 1 atom stereocenters. The molecule has 1 N–H and O–H groups in total. The Morgan fingerprint density at radius 1 is 1.47 bits per heavy atom. The van der Waals surface area contributed by atoms with Crippen LogP contribution in [0.4, 0.5) is 0 Å². The molecule has 0 saturated carbocycles. The van der Waals surface area contributed by atoms with E-state index in [0.717, 1.165) is 5.56 Å². The highest BCUT2D eigenvalue weighted by Gasteiger charge is 2.25. The lowest BCUT2D eigenvalue weighted by atomic mass is 10.0. The van der Waals surface area contributed by atoms with E-state index in [1.807, 2.05) is 52.9 Å². The van der Waals surface area contributed by atoms with Gasteiger partial charge in [-0.2, -0.15) is 0 Å². The minimum absolute atomic E-state index is 0.263. The fraction of sp³-hybridized carbons (Fsp3) is 0.250. The van der Waals surface area contributed by atoms with E-state index in [1.54, 1.807) is 6.08 Å². The first-order valence-electron chi connectivity index (χ1n) is 4.62. The third-order valence-corrected chi connectivity index (χ3v) is 3.50. The van der Waals surface area contributed by atoms with Crippen LogP contribution in [0.5, 0.6) is 0 Å². The van der Waals surface area contributed by atoms with Crippen molar-refractivity contribution in [3.8, 4) is 0 Å². The summed E-state index contributed by atoms with van der Waals surface area (Å²) in [5.41, 5.74) is -0.304. The van der Waals surface area contributed by atoms with Gasteiger partial charge in [0.2, 0.25) is 0 Å². The molecule has 0 aliphatic rings. The van der Waals surface area contributed by atoms with Gasteiger partial charge in [-0.05, 0) is 18.6 Å². The zero-order chi connectivity index (χ0) is 11.3. The van der Waals surface area contributed by atoms with Crippen LogP contribution in [-0.4, -0.2) is 20.9 Å². The first kappa shape index (κ1) is 12.4. The Morgan fingerprint density at radius 3 is 2.60 bits per heavy atom. The van der Waals surface area contributed by atoms with Crippen LogP contribution in [0.1, 0.15) is 12.5 Å². The van der Waals surface area contributed by atoms with Crippen molar-refractivity contribution in [1.82, 2.24) is 0 Å². The number of hydrogen-bond acceptors (Lipinski definition) is 2. The lowest BCUT2D eigenvalue weighted by Gasteiger charge is -2.15. The van der Waals surface area contributed by atoms with Crippen molar-refractivity contribution in [3.63, 3.8) is 0 Å². The Labute approximate surface area is 103 Å². The summed E-state index contributed by atoms with van der Waals surface area (Å²) >= 11 is 2.00. The molecule has 0 bridgehead atoms. The molecule has 0 aromatic heterocycles. The maximum Gasteiger partial charge on any atom is 0.187 e. The summed E-state index contributed by atoms with van der Waals surface area (Å²) in [6.07, 6.45) is 3.14. The van der Waals surface area contributed by atoms with Gasteiger partial charge in [-0.25, -0.2) is 0 Å². The van der Waals surface area contributed by atoms with Crippen molar-refractivity contribution in [1.29, 1.82) is 0 Å². The SMILES string of the molecule is C[C@@](O)(CI)C(=O)/C=C/c1ccccc1. The Balaban J connectivity index is 2.71. The Bertz CT molecular complexity index is 355. The van der Waals surface area contributed by atoms with Crippen molar-refractivity contribution in [3.05, 3.63) is 42.0 Å². The second-order valence-electron chi connectivity index (χ2n) is 3.52. The predicted molar refractivity (Wildman–Crippen MR) is 70.0 cm³/mol. The molecule has 0 unspecified atom stereocenters. The number of hydrogen-bond donors (Lipinski definition) is 1. The summed E-state index contributed by atoms with van der Waals surface area (Å²) in [6.45, 7) is 1.52. The van der Waals surface area contributed by atoms with Crippen molar-refractivity contribution < 1.29 is 9.90 Å². The van der Waals surface area contributed by atoms with E-state index in [0.29, 0.717) is 4.43 Å². The lowest BCUT2D eigenvalue weighted by Crippen LogP contribution is -2.35. The molecular formula is C12H13IO2. The first-order chi connectivity index (χ1) is 7.06. The highest BCUT2D eigenvalue weighted by Crippen LogP contribution is 2.11. The summed E-state index contributed by atoms with van der Waals surface area (Å²) < 4.78 is 0.392. The topological polar surface area (TPSA) is 37.3 Å². The smallest absolute Gasteiger partial charge is 0.187 e. The van der Waals surface area contributed by atoms with E-state index >= 15 is 0 Å². The molecule has 1 rings (SSSR count). The summed E-state index contributed by atoms with van der Waals surface area (Å²) in [7, 11) is 0. The number of rotatable bonds is 4. The van der Waals surface area contributed by atoms with E-state index in [-0.39, 0.29) is 5.78 Å². The van der Waals surface area contributed by atoms with Crippen LogP contribution in [0.15, 0.2) is 36.4 Å². The lowest BCUT2D eigenvalue weighted by molar-refractivity contribution is -0.128. The number of carbonyl (C=O) groups excluding carboxylic acids is 1. The fourth-order valence-electron chi connectivity index (χ4n) is 0.981. The van der Waals surface area contributed by atoms with Crippen LogP contribution >= 0.6 is 22.6 Å². The van der Waals surface area contributed by atoms with Gasteiger partial charge < -0.3 is 5.11 Å². The monoisotopic (exact) mass is 316 g/mol. The molecule has 0 aliphatic carbocycles. The van der Waals surface area contributed by atoms with E-state index in [4.69, 9.17) is 0 Å². The molecule has 0 saturated heterocycles. The number of benzene rings is 1. The zero-order valence-corrected chi connectivity index (χ0v) is 10.6. The van der Waals surface area contributed by atoms with E-state index in [9.17, 15) is 9.90 Å². The van der Waals surface area contributed by atoms with Crippen LogP contribution in [0.3, 0.4) is 0 Å². The van der Waals surface area contributed by atoms with Gasteiger partial charge in [-0.15, -0.1) is 0 Å². The summed E-state index contributed by atoms with van der Waals surface area (Å²) in [5, 5.41) is 9.66. The van der Waals surface area contributed by atoms with Gasteiger partial charge in [0, 0.05) is 4.43 Å². The van der Waals surface area contributed by atoms with Gasteiger partial charge in [0.25, 0.3) is 0 Å². The fourth-order valence-corrected chi connectivity index (χ4v) is 1.36. The molecule has 2 nitrogen and oxygen atoms in total. The maximum absolute atomic E-state index is 11.5. The molecule has 0 fully saturated rings. The molecule has 0 radical (unpaired) electrons. The van der Waals surface area contributed by atoms with Crippen LogP contribution in [0.2, 0.25) is 0 Å². The average molecular weight is 316 g/mol. The molecule has 80 valence electrons. The zero-order valence-electron chi connectivity index (χ0n) is 8.48. The van der Waals surface area contributed by atoms with E-state index in [1.165, 1.54) is 13.0 Å². The average Bonchev–Trinajstić information content (AvgIpc) is 2.27. The van der Waals surface area contributed by atoms with Crippen molar-refractivity contribution >= 4 is 34.5 Å². The molecule has 15 heavy (non-hydrogen) atoms. The molecule has 0 heterocycles. The van der Waals surface area contributed by atoms with E-state index in [2.05, 4.69) is 0 Å². The number of aliphatic hydroxyl groups is 1. The molecular weight excluding hydrogens is 303 g/mol. The van der Waals surface area contributed by atoms with Crippen LogP contribution in [0, 0.1) is 0 Å².